The maximum Gasteiger partial charge on any atom is 0.326 e. The van der Waals surface area contributed by atoms with Gasteiger partial charge in [-0.15, -0.1) is 0 Å². The molecule has 0 radical (unpaired) electrons. The third-order valence-corrected chi connectivity index (χ3v) is 4.81. The first kappa shape index (κ1) is 28.7. The van der Waals surface area contributed by atoms with Gasteiger partial charge in [0, 0.05) is 12.2 Å². The van der Waals surface area contributed by atoms with Gasteiger partial charge in [0.15, 0.2) is 0 Å². The highest BCUT2D eigenvalue weighted by molar-refractivity contribution is 7.80. The Hall–Kier alpha value is -2.34. The van der Waals surface area contributed by atoms with E-state index in [4.69, 9.17) is 11.5 Å². The Morgan fingerprint density at radius 2 is 1.45 bits per heavy atom. The predicted octanol–water partition coefficient (Wildman–Crippen LogP) is -1.25. The summed E-state index contributed by atoms with van der Waals surface area (Å²) in [4.78, 5) is 60.2. The molecule has 4 amide bonds. The SMILES string of the molecule is CC(C)CC(NC(=O)C(NC(=O)C(CCC(N)=O)NC(=O)C(N)CS)C(C)C)C(=O)O. The molecule has 0 aliphatic heterocycles. The zero-order chi connectivity index (χ0) is 24.3. The molecule has 0 bridgehead atoms. The topological polar surface area (TPSA) is 194 Å². The molecule has 8 N–H and O–H groups in total. The van der Waals surface area contributed by atoms with Crippen LogP contribution >= 0.6 is 12.6 Å². The number of carbonyl (C=O) groups excluding carboxylic acids is 4. The van der Waals surface area contributed by atoms with Gasteiger partial charge in [-0.1, -0.05) is 27.7 Å². The fourth-order valence-corrected chi connectivity index (χ4v) is 2.83. The van der Waals surface area contributed by atoms with Crippen LogP contribution in [0.1, 0.15) is 47.0 Å². The van der Waals surface area contributed by atoms with E-state index in [0.29, 0.717) is 0 Å². The van der Waals surface area contributed by atoms with Crippen LogP contribution in [0.2, 0.25) is 0 Å². The lowest BCUT2D eigenvalue weighted by Crippen LogP contribution is -2.58. The summed E-state index contributed by atoms with van der Waals surface area (Å²) in [5, 5.41) is 16.8. The van der Waals surface area contributed by atoms with Crippen LogP contribution in [0, 0.1) is 11.8 Å². The Morgan fingerprint density at radius 3 is 1.87 bits per heavy atom. The van der Waals surface area contributed by atoms with Crippen molar-refractivity contribution in [1.29, 1.82) is 0 Å². The number of hydrogen-bond donors (Lipinski definition) is 7. The van der Waals surface area contributed by atoms with Crippen LogP contribution in [0.25, 0.3) is 0 Å². The molecule has 0 spiro atoms. The minimum atomic E-state index is -1.18. The molecule has 0 aromatic carbocycles. The number of aliphatic carboxylic acids is 1. The molecule has 178 valence electrons. The fourth-order valence-electron chi connectivity index (χ4n) is 2.66. The van der Waals surface area contributed by atoms with Crippen LogP contribution in [0.15, 0.2) is 0 Å². The second kappa shape index (κ2) is 13.9. The van der Waals surface area contributed by atoms with Crippen molar-refractivity contribution in [3.05, 3.63) is 0 Å². The van der Waals surface area contributed by atoms with Gasteiger partial charge in [-0.2, -0.15) is 12.6 Å². The number of carbonyl (C=O) groups is 5. The average molecular weight is 462 g/mol. The Balaban J connectivity index is 5.43. The third-order valence-electron chi connectivity index (χ3n) is 4.41. The standard InChI is InChI=1S/C19H35N5O6S/c1-9(2)7-13(19(29)30)23-18(28)15(10(3)4)24-17(27)12(5-6-14(21)25)22-16(26)11(20)8-31/h9-13,15,31H,5-8,20H2,1-4H3,(H2,21,25)(H,22,26)(H,23,28)(H,24,27)(H,29,30). The summed E-state index contributed by atoms with van der Waals surface area (Å²) >= 11 is 3.93. The number of amides is 4. The van der Waals surface area contributed by atoms with Gasteiger partial charge in [-0.3, -0.25) is 19.2 Å². The number of rotatable bonds is 14. The molecule has 0 saturated heterocycles. The molecule has 11 nitrogen and oxygen atoms in total. The van der Waals surface area contributed by atoms with Gasteiger partial charge in [0.25, 0.3) is 0 Å². The molecule has 4 atom stereocenters. The molecule has 0 saturated carbocycles. The van der Waals surface area contributed by atoms with Crippen molar-refractivity contribution < 1.29 is 29.1 Å². The monoisotopic (exact) mass is 461 g/mol. The van der Waals surface area contributed by atoms with E-state index in [-0.39, 0.29) is 36.9 Å². The highest BCUT2D eigenvalue weighted by Crippen LogP contribution is 2.09. The molecule has 0 aliphatic carbocycles. The molecule has 12 heteroatoms. The molecule has 0 aliphatic rings. The number of hydrogen-bond acceptors (Lipinski definition) is 7. The highest BCUT2D eigenvalue weighted by atomic mass is 32.1. The van der Waals surface area contributed by atoms with E-state index in [9.17, 15) is 29.1 Å². The largest absolute Gasteiger partial charge is 0.480 e. The molecule has 0 fully saturated rings. The normalized spacial score (nSPS) is 15.0. The van der Waals surface area contributed by atoms with Gasteiger partial charge in [-0.25, -0.2) is 4.79 Å². The first-order chi connectivity index (χ1) is 14.3. The van der Waals surface area contributed by atoms with Crippen LogP contribution in [0.3, 0.4) is 0 Å². The van der Waals surface area contributed by atoms with Gasteiger partial charge in [-0.05, 0) is 24.7 Å². The average Bonchev–Trinajstić information content (AvgIpc) is 2.66. The van der Waals surface area contributed by atoms with E-state index >= 15 is 0 Å². The van der Waals surface area contributed by atoms with Crippen LogP contribution in [0.4, 0.5) is 0 Å². The molecule has 0 heterocycles. The summed E-state index contributed by atoms with van der Waals surface area (Å²) in [5.74, 6) is -4.19. The zero-order valence-electron chi connectivity index (χ0n) is 18.4. The fraction of sp³-hybridized carbons (Fsp3) is 0.737. The minimum Gasteiger partial charge on any atom is -0.480 e. The quantitative estimate of drug-likeness (QED) is 0.157. The number of nitrogens with two attached hydrogens (primary N) is 2. The molecule has 0 aromatic heterocycles. The van der Waals surface area contributed by atoms with Crippen LogP contribution in [0.5, 0.6) is 0 Å². The number of primary amides is 1. The molecular formula is C19H35N5O6S. The zero-order valence-corrected chi connectivity index (χ0v) is 19.3. The molecule has 4 unspecified atom stereocenters. The Labute approximate surface area is 187 Å². The maximum atomic E-state index is 12.8. The van der Waals surface area contributed by atoms with Gasteiger partial charge >= 0.3 is 5.97 Å². The lowest BCUT2D eigenvalue weighted by atomic mass is 9.99. The third kappa shape index (κ3) is 11.0. The lowest BCUT2D eigenvalue weighted by Gasteiger charge is -2.27. The molecule has 0 rings (SSSR count). The highest BCUT2D eigenvalue weighted by Gasteiger charge is 2.32. The molecule has 0 aromatic rings. The Morgan fingerprint density at radius 1 is 0.903 bits per heavy atom. The first-order valence-corrected chi connectivity index (χ1v) is 10.7. The Kier molecular flexibility index (Phi) is 12.8. The number of carboxylic acid groups (broad SMARTS) is 1. The van der Waals surface area contributed by atoms with Gasteiger partial charge in [0.1, 0.15) is 18.1 Å². The summed E-state index contributed by atoms with van der Waals surface area (Å²) in [6.45, 7) is 7.00. The molecule has 31 heavy (non-hydrogen) atoms. The van der Waals surface area contributed by atoms with Crippen LogP contribution in [-0.2, 0) is 24.0 Å². The summed E-state index contributed by atoms with van der Waals surface area (Å²) < 4.78 is 0. The van der Waals surface area contributed by atoms with Crippen molar-refractivity contribution in [3.8, 4) is 0 Å². The predicted molar refractivity (Wildman–Crippen MR) is 118 cm³/mol. The van der Waals surface area contributed by atoms with Crippen molar-refractivity contribution in [1.82, 2.24) is 16.0 Å². The van der Waals surface area contributed by atoms with Crippen molar-refractivity contribution in [2.75, 3.05) is 5.75 Å². The molecular weight excluding hydrogens is 426 g/mol. The summed E-state index contributed by atoms with van der Waals surface area (Å²) in [5.41, 5.74) is 10.7. The Bertz CT molecular complexity index is 658. The summed E-state index contributed by atoms with van der Waals surface area (Å²) in [6.07, 6.45) is -0.0506. The number of thiol groups is 1. The van der Waals surface area contributed by atoms with Gasteiger partial charge in [0.2, 0.25) is 23.6 Å². The smallest absolute Gasteiger partial charge is 0.326 e. The van der Waals surface area contributed by atoms with E-state index in [2.05, 4.69) is 28.6 Å². The van der Waals surface area contributed by atoms with E-state index in [0.717, 1.165) is 0 Å². The number of carboxylic acids is 1. The second-order valence-electron chi connectivity index (χ2n) is 8.11. The van der Waals surface area contributed by atoms with Crippen LogP contribution < -0.4 is 27.4 Å². The van der Waals surface area contributed by atoms with Crippen molar-refractivity contribution in [3.63, 3.8) is 0 Å². The summed E-state index contributed by atoms with van der Waals surface area (Å²) in [6, 6.07) is -4.30. The lowest BCUT2D eigenvalue weighted by molar-refractivity contribution is -0.143. The van der Waals surface area contributed by atoms with Crippen molar-refractivity contribution in [2.45, 2.75) is 71.1 Å². The van der Waals surface area contributed by atoms with Crippen molar-refractivity contribution in [2.24, 2.45) is 23.3 Å². The van der Waals surface area contributed by atoms with E-state index in [1.54, 1.807) is 13.8 Å². The first-order valence-electron chi connectivity index (χ1n) is 10.1. The van der Waals surface area contributed by atoms with E-state index in [1.165, 1.54) is 0 Å². The summed E-state index contributed by atoms with van der Waals surface area (Å²) in [7, 11) is 0. The van der Waals surface area contributed by atoms with Gasteiger partial charge in [0.05, 0.1) is 6.04 Å². The van der Waals surface area contributed by atoms with Gasteiger partial charge < -0.3 is 32.5 Å². The maximum absolute atomic E-state index is 12.8. The van der Waals surface area contributed by atoms with Crippen molar-refractivity contribution >= 4 is 42.2 Å². The second-order valence-corrected chi connectivity index (χ2v) is 8.48. The van der Waals surface area contributed by atoms with Crippen LogP contribution in [-0.4, -0.2) is 64.6 Å². The minimum absolute atomic E-state index is 0.0259. The van der Waals surface area contributed by atoms with E-state index < -0.39 is 53.8 Å². The van der Waals surface area contributed by atoms with E-state index in [1.807, 2.05) is 13.8 Å². The number of nitrogens with one attached hydrogen (secondary N) is 3.